The lowest BCUT2D eigenvalue weighted by Crippen LogP contribution is -2.31. The van der Waals surface area contributed by atoms with Gasteiger partial charge < -0.3 is 14.8 Å². The van der Waals surface area contributed by atoms with E-state index in [2.05, 4.69) is 10.3 Å². The first-order valence-electron chi connectivity index (χ1n) is 6.65. The highest BCUT2D eigenvalue weighted by Gasteiger charge is 2.20. The summed E-state index contributed by atoms with van der Waals surface area (Å²) in [6.45, 7) is 2.07. The van der Waals surface area contributed by atoms with Gasteiger partial charge in [-0.3, -0.25) is 0 Å². The van der Waals surface area contributed by atoms with Crippen molar-refractivity contribution in [3.05, 3.63) is 35.9 Å². The number of carboxylic acids is 1. The molecule has 0 bridgehead atoms. The van der Waals surface area contributed by atoms with E-state index >= 15 is 0 Å². The molecular weight excluding hydrogens is 242 g/mol. The molecule has 1 fully saturated rings. The van der Waals surface area contributed by atoms with Gasteiger partial charge in [-0.25, -0.2) is 9.78 Å². The van der Waals surface area contributed by atoms with Crippen molar-refractivity contribution in [1.29, 1.82) is 0 Å². The van der Waals surface area contributed by atoms with Crippen LogP contribution in [0.4, 0.5) is 0 Å². The molecule has 100 valence electrons. The monoisotopic (exact) mass is 259 g/mol. The van der Waals surface area contributed by atoms with Crippen molar-refractivity contribution in [2.45, 2.75) is 19.3 Å². The van der Waals surface area contributed by atoms with E-state index in [1.54, 1.807) is 6.07 Å². The van der Waals surface area contributed by atoms with Crippen LogP contribution < -0.4 is 5.32 Å². The molecule has 1 aliphatic rings. The second kappa shape index (κ2) is 5.01. The Morgan fingerprint density at radius 2 is 2.42 bits per heavy atom. The largest absolute Gasteiger partial charge is 0.476 e. The minimum Gasteiger partial charge on any atom is -0.476 e. The number of fused-ring (bicyclic) bond motifs is 1. The van der Waals surface area contributed by atoms with Gasteiger partial charge in [-0.05, 0) is 44.0 Å². The topological polar surface area (TPSA) is 66.6 Å². The van der Waals surface area contributed by atoms with Crippen molar-refractivity contribution in [2.75, 3.05) is 13.1 Å². The van der Waals surface area contributed by atoms with E-state index in [4.69, 9.17) is 0 Å². The summed E-state index contributed by atoms with van der Waals surface area (Å²) >= 11 is 0. The van der Waals surface area contributed by atoms with Gasteiger partial charge in [0.2, 0.25) is 0 Å². The Balaban J connectivity index is 1.96. The van der Waals surface area contributed by atoms with Crippen LogP contribution in [0.1, 0.15) is 29.2 Å². The molecule has 5 heteroatoms. The zero-order valence-corrected chi connectivity index (χ0v) is 10.7. The Morgan fingerprint density at radius 3 is 3.16 bits per heavy atom. The third-order valence-corrected chi connectivity index (χ3v) is 3.69. The lowest BCUT2D eigenvalue weighted by atomic mass is 9.96. The van der Waals surface area contributed by atoms with E-state index < -0.39 is 5.97 Å². The fourth-order valence-corrected chi connectivity index (χ4v) is 2.76. The molecule has 3 rings (SSSR count). The number of nitrogens with zero attached hydrogens (tertiary/aromatic N) is 2. The maximum Gasteiger partial charge on any atom is 0.356 e. The van der Waals surface area contributed by atoms with Crippen molar-refractivity contribution in [2.24, 2.45) is 5.92 Å². The van der Waals surface area contributed by atoms with Crippen LogP contribution in [-0.2, 0) is 6.42 Å². The van der Waals surface area contributed by atoms with Crippen molar-refractivity contribution in [1.82, 2.24) is 14.7 Å². The Kier molecular flexibility index (Phi) is 3.21. The van der Waals surface area contributed by atoms with Crippen molar-refractivity contribution in [3.8, 4) is 0 Å². The van der Waals surface area contributed by atoms with Gasteiger partial charge in [0.25, 0.3) is 0 Å². The average Bonchev–Trinajstić information content (AvgIpc) is 2.79. The average molecular weight is 259 g/mol. The van der Waals surface area contributed by atoms with Crippen molar-refractivity contribution < 1.29 is 9.90 Å². The summed E-state index contributed by atoms with van der Waals surface area (Å²) in [5.41, 5.74) is 0.827. The van der Waals surface area contributed by atoms with Gasteiger partial charge in [0.05, 0.1) is 5.52 Å². The molecule has 1 atom stereocenters. The summed E-state index contributed by atoms with van der Waals surface area (Å²) in [5, 5.41) is 12.6. The van der Waals surface area contributed by atoms with Crippen molar-refractivity contribution in [3.63, 3.8) is 0 Å². The number of aromatic nitrogens is 2. The van der Waals surface area contributed by atoms with Crippen LogP contribution in [0.5, 0.6) is 0 Å². The predicted octanol–water partition coefficient (Wildman–Crippen LogP) is 1.57. The molecule has 0 spiro atoms. The lowest BCUT2D eigenvalue weighted by molar-refractivity contribution is 0.0693. The van der Waals surface area contributed by atoms with Crippen LogP contribution in [0.2, 0.25) is 0 Å². The van der Waals surface area contributed by atoms with Crippen LogP contribution in [-0.4, -0.2) is 33.6 Å². The number of rotatable bonds is 3. The molecule has 0 aliphatic carbocycles. The number of hydrogen-bond acceptors (Lipinski definition) is 3. The van der Waals surface area contributed by atoms with Crippen LogP contribution in [0.3, 0.4) is 0 Å². The lowest BCUT2D eigenvalue weighted by Gasteiger charge is -2.21. The van der Waals surface area contributed by atoms with Gasteiger partial charge in [0.1, 0.15) is 5.82 Å². The Hall–Kier alpha value is -1.88. The Morgan fingerprint density at radius 1 is 1.53 bits per heavy atom. The SMILES string of the molecule is O=C(O)c1nc(CC2CCCNC2)n2ccccc12. The first-order chi connectivity index (χ1) is 9.25. The van der Waals surface area contributed by atoms with Crippen LogP contribution >= 0.6 is 0 Å². The third-order valence-electron chi connectivity index (χ3n) is 3.69. The number of hydrogen-bond donors (Lipinski definition) is 2. The smallest absolute Gasteiger partial charge is 0.356 e. The highest BCUT2D eigenvalue weighted by atomic mass is 16.4. The van der Waals surface area contributed by atoms with Crippen molar-refractivity contribution >= 4 is 11.5 Å². The predicted molar refractivity (Wildman–Crippen MR) is 71.4 cm³/mol. The molecule has 2 N–H and O–H groups in total. The van der Waals surface area contributed by atoms with Crippen LogP contribution in [0.25, 0.3) is 5.52 Å². The van der Waals surface area contributed by atoms with Crippen LogP contribution in [0, 0.1) is 5.92 Å². The molecule has 1 aliphatic heterocycles. The number of carbonyl (C=O) groups is 1. The fourth-order valence-electron chi connectivity index (χ4n) is 2.76. The standard InChI is InChI=1S/C14H17N3O2/c18-14(19)13-11-5-1-2-7-17(11)12(16-13)8-10-4-3-6-15-9-10/h1-2,5,7,10,15H,3-4,6,8-9H2,(H,18,19). The first-order valence-corrected chi connectivity index (χ1v) is 6.65. The fraction of sp³-hybridized carbons (Fsp3) is 0.429. The first kappa shape index (κ1) is 12.2. The van der Waals surface area contributed by atoms with Gasteiger partial charge in [-0.2, -0.15) is 0 Å². The van der Waals surface area contributed by atoms with E-state index in [-0.39, 0.29) is 5.69 Å². The molecule has 3 heterocycles. The molecule has 0 radical (unpaired) electrons. The summed E-state index contributed by atoms with van der Waals surface area (Å²) in [6.07, 6.45) is 5.07. The summed E-state index contributed by atoms with van der Waals surface area (Å²) in [5.74, 6) is 0.430. The van der Waals surface area contributed by atoms with E-state index in [9.17, 15) is 9.90 Å². The molecule has 19 heavy (non-hydrogen) atoms. The molecule has 0 saturated carbocycles. The summed E-state index contributed by atoms with van der Waals surface area (Å²) < 4.78 is 1.90. The summed E-state index contributed by atoms with van der Waals surface area (Å²) in [7, 11) is 0. The molecular formula is C14H17N3O2. The molecule has 2 aromatic rings. The number of piperidine rings is 1. The van der Waals surface area contributed by atoms with Gasteiger partial charge in [0.15, 0.2) is 5.69 Å². The molecule has 1 unspecified atom stereocenters. The molecule has 1 saturated heterocycles. The molecule has 2 aromatic heterocycles. The third kappa shape index (κ3) is 2.33. The maximum atomic E-state index is 11.2. The normalized spacial score (nSPS) is 19.7. The minimum atomic E-state index is -0.961. The van der Waals surface area contributed by atoms with E-state index in [1.807, 2.05) is 22.7 Å². The number of carboxylic acid groups (broad SMARTS) is 1. The number of pyridine rings is 1. The number of nitrogens with one attached hydrogen (secondary N) is 1. The Labute approximate surface area is 111 Å². The van der Waals surface area contributed by atoms with E-state index in [0.717, 1.165) is 25.3 Å². The Bertz CT molecular complexity index is 600. The highest BCUT2D eigenvalue weighted by Crippen LogP contribution is 2.19. The molecule has 0 amide bonds. The zero-order valence-electron chi connectivity index (χ0n) is 10.7. The molecule has 0 aromatic carbocycles. The van der Waals surface area contributed by atoms with Gasteiger partial charge in [-0.1, -0.05) is 6.07 Å². The molecule has 5 nitrogen and oxygen atoms in total. The highest BCUT2D eigenvalue weighted by molar-refractivity contribution is 5.93. The maximum absolute atomic E-state index is 11.2. The van der Waals surface area contributed by atoms with Gasteiger partial charge in [0, 0.05) is 12.6 Å². The second-order valence-electron chi connectivity index (χ2n) is 5.05. The summed E-state index contributed by atoms with van der Waals surface area (Å²) in [4.78, 5) is 15.6. The van der Waals surface area contributed by atoms with Gasteiger partial charge >= 0.3 is 5.97 Å². The zero-order chi connectivity index (χ0) is 13.2. The van der Waals surface area contributed by atoms with Crippen LogP contribution in [0.15, 0.2) is 24.4 Å². The summed E-state index contributed by atoms with van der Waals surface area (Å²) in [6, 6.07) is 5.55. The van der Waals surface area contributed by atoms with E-state index in [0.29, 0.717) is 11.4 Å². The quantitative estimate of drug-likeness (QED) is 0.878. The minimum absolute atomic E-state index is 0.152. The number of imidazole rings is 1. The van der Waals surface area contributed by atoms with E-state index in [1.165, 1.54) is 12.8 Å². The number of aromatic carboxylic acids is 1. The second-order valence-corrected chi connectivity index (χ2v) is 5.05. The van der Waals surface area contributed by atoms with Gasteiger partial charge in [-0.15, -0.1) is 0 Å².